The number of hydrogen-bond donors (Lipinski definition) is 1. The molecule has 0 spiro atoms. The zero-order chi connectivity index (χ0) is 8.59. The average Bonchev–Trinajstić information content (AvgIpc) is 2.07. The molecular weight excluding hydrogens is 348 g/mol. The third-order valence-electron chi connectivity index (χ3n) is 1.01. The van der Waals surface area contributed by atoms with Gasteiger partial charge in [0.15, 0.2) is 4.60 Å². The SMILES string of the molecule is O=[N+]([O-])c1c(Br)[nH]c(Br)c1Br. The number of nitrogens with zero attached hydrogens (tertiary/aromatic N) is 1. The summed E-state index contributed by atoms with van der Waals surface area (Å²) in [6.45, 7) is 0. The number of hydrogen-bond acceptors (Lipinski definition) is 2. The van der Waals surface area contributed by atoms with Gasteiger partial charge in [0.25, 0.3) is 0 Å². The highest BCUT2D eigenvalue weighted by Crippen LogP contribution is 2.38. The topological polar surface area (TPSA) is 58.9 Å². The van der Waals surface area contributed by atoms with Crippen molar-refractivity contribution in [1.82, 2.24) is 4.98 Å². The molecule has 0 unspecified atom stereocenters. The molecule has 0 aromatic carbocycles. The highest BCUT2D eigenvalue weighted by molar-refractivity contribution is 9.13. The van der Waals surface area contributed by atoms with E-state index in [0.29, 0.717) is 13.7 Å². The monoisotopic (exact) mass is 346 g/mol. The van der Waals surface area contributed by atoms with Gasteiger partial charge in [0.05, 0.1) is 4.92 Å². The predicted octanol–water partition coefficient (Wildman–Crippen LogP) is 3.21. The first-order valence-electron chi connectivity index (χ1n) is 2.41. The van der Waals surface area contributed by atoms with Crippen molar-refractivity contribution in [3.05, 3.63) is 23.8 Å². The highest BCUT2D eigenvalue weighted by Gasteiger charge is 2.22. The number of aromatic amines is 1. The van der Waals surface area contributed by atoms with Crippen LogP contribution in [-0.2, 0) is 0 Å². The number of rotatable bonds is 1. The smallest absolute Gasteiger partial charge is 0.316 e. The molecule has 0 saturated heterocycles. The Morgan fingerprint density at radius 3 is 2.00 bits per heavy atom. The molecule has 60 valence electrons. The van der Waals surface area contributed by atoms with E-state index in [-0.39, 0.29) is 5.69 Å². The summed E-state index contributed by atoms with van der Waals surface area (Å²) in [6.07, 6.45) is 0. The molecule has 0 fully saturated rings. The van der Waals surface area contributed by atoms with Crippen LogP contribution < -0.4 is 0 Å². The zero-order valence-corrected chi connectivity index (χ0v) is 9.66. The Morgan fingerprint density at radius 2 is 1.82 bits per heavy atom. The zero-order valence-electron chi connectivity index (χ0n) is 4.90. The van der Waals surface area contributed by atoms with E-state index in [1.807, 2.05) is 0 Å². The van der Waals surface area contributed by atoms with E-state index < -0.39 is 4.92 Å². The predicted molar refractivity (Wildman–Crippen MR) is 50.5 cm³/mol. The fourth-order valence-electron chi connectivity index (χ4n) is 0.571. The molecular formula is C4HBr3N2O2. The van der Waals surface area contributed by atoms with Gasteiger partial charge in [-0.25, -0.2) is 0 Å². The van der Waals surface area contributed by atoms with E-state index in [1.165, 1.54) is 0 Å². The highest BCUT2D eigenvalue weighted by atomic mass is 79.9. The van der Waals surface area contributed by atoms with Gasteiger partial charge in [0, 0.05) is 0 Å². The molecule has 0 saturated carbocycles. The van der Waals surface area contributed by atoms with Gasteiger partial charge in [-0.1, -0.05) is 0 Å². The van der Waals surface area contributed by atoms with Crippen LogP contribution in [0.25, 0.3) is 0 Å². The standard InChI is InChI=1S/C4HBr3N2O2/c5-1-2(9(10)11)4(7)8-3(1)6/h8H. The van der Waals surface area contributed by atoms with Crippen molar-refractivity contribution < 1.29 is 4.92 Å². The number of nitrogens with one attached hydrogen (secondary N) is 1. The first kappa shape index (κ1) is 9.21. The van der Waals surface area contributed by atoms with Crippen molar-refractivity contribution in [1.29, 1.82) is 0 Å². The van der Waals surface area contributed by atoms with Crippen molar-refractivity contribution in [2.24, 2.45) is 0 Å². The first-order valence-corrected chi connectivity index (χ1v) is 4.78. The third kappa shape index (κ3) is 1.65. The molecule has 1 N–H and O–H groups in total. The van der Waals surface area contributed by atoms with Crippen LogP contribution in [0.2, 0.25) is 0 Å². The summed E-state index contributed by atoms with van der Waals surface area (Å²) in [5.41, 5.74) is -0.00289. The Balaban J connectivity index is 3.34. The minimum absolute atomic E-state index is 0.00289. The number of aromatic nitrogens is 1. The largest absolute Gasteiger partial charge is 0.337 e. The van der Waals surface area contributed by atoms with Crippen LogP contribution in [0, 0.1) is 10.1 Å². The molecule has 0 radical (unpaired) electrons. The van der Waals surface area contributed by atoms with Crippen molar-refractivity contribution >= 4 is 53.5 Å². The van der Waals surface area contributed by atoms with Crippen LogP contribution in [0.1, 0.15) is 0 Å². The van der Waals surface area contributed by atoms with E-state index in [4.69, 9.17) is 0 Å². The lowest BCUT2D eigenvalue weighted by Gasteiger charge is -1.85. The molecule has 0 aliphatic heterocycles. The maximum Gasteiger partial charge on any atom is 0.316 e. The minimum atomic E-state index is -0.477. The number of H-pyrrole nitrogens is 1. The average molecular weight is 349 g/mol. The summed E-state index contributed by atoms with van der Waals surface area (Å²) in [5, 5.41) is 10.4. The first-order chi connectivity index (χ1) is 5.04. The van der Waals surface area contributed by atoms with E-state index >= 15 is 0 Å². The molecule has 1 heterocycles. The van der Waals surface area contributed by atoms with E-state index in [9.17, 15) is 10.1 Å². The van der Waals surface area contributed by atoms with Gasteiger partial charge in [-0.2, -0.15) is 0 Å². The quantitative estimate of drug-likeness (QED) is 0.626. The van der Waals surface area contributed by atoms with E-state index in [2.05, 4.69) is 52.8 Å². The Morgan fingerprint density at radius 1 is 1.27 bits per heavy atom. The molecule has 1 rings (SSSR count). The lowest BCUT2D eigenvalue weighted by molar-refractivity contribution is -0.386. The molecule has 0 bridgehead atoms. The molecule has 0 atom stereocenters. The summed E-state index contributed by atoms with van der Waals surface area (Å²) >= 11 is 9.16. The second-order valence-corrected chi connectivity index (χ2v) is 4.05. The van der Waals surface area contributed by atoms with Crippen LogP contribution in [0.3, 0.4) is 0 Å². The van der Waals surface area contributed by atoms with Gasteiger partial charge in [-0.05, 0) is 47.8 Å². The maximum atomic E-state index is 10.4. The molecule has 0 amide bonds. The molecule has 0 aliphatic rings. The fraction of sp³-hybridized carbons (Fsp3) is 0. The Hall–Kier alpha value is 0.120. The van der Waals surface area contributed by atoms with Crippen LogP contribution in [0.5, 0.6) is 0 Å². The van der Waals surface area contributed by atoms with Crippen LogP contribution in [-0.4, -0.2) is 9.91 Å². The maximum absolute atomic E-state index is 10.4. The van der Waals surface area contributed by atoms with Gasteiger partial charge in [0.1, 0.15) is 9.08 Å². The van der Waals surface area contributed by atoms with Crippen molar-refractivity contribution in [2.45, 2.75) is 0 Å². The lowest BCUT2D eigenvalue weighted by atomic mass is 10.6. The Labute approximate surface area is 86.9 Å². The summed E-state index contributed by atoms with van der Waals surface area (Å²) in [4.78, 5) is 12.6. The van der Waals surface area contributed by atoms with E-state index in [0.717, 1.165) is 0 Å². The summed E-state index contributed by atoms with van der Waals surface area (Å²) in [7, 11) is 0. The van der Waals surface area contributed by atoms with Gasteiger partial charge in [-0.3, -0.25) is 10.1 Å². The third-order valence-corrected chi connectivity index (χ3v) is 3.48. The van der Waals surface area contributed by atoms with Crippen LogP contribution in [0.15, 0.2) is 13.7 Å². The lowest BCUT2D eigenvalue weighted by Crippen LogP contribution is -1.86. The summed E-state index contributed by atoms with van der Waals surface area (Å²) in [6, 6.07) is 0. The molecule has 1 aromatic rings. The fourth-order valence-corrected chi connectivity index (χ4v) is 2.47. The van der Waals surface area contributed by atoms with Crippen molar-refractivity contribution in [3.8, 4) is 0 Å². The molecule has 4 nitrogen and oxygen atoms in total. The second kappa shape index (κ2) is 3.24. The Kier molecular flexibility index (Phi) is 2.71. The molecule has 0 aliphatic carbocycles. The van der Waals surface area contributed by atoms with Crippen molar-refractivity contribution in [3.63, 3.8) is 0 Å². The Bertz CT molecular complexity index is 309. The van der Waals surface area contributed by atoms with Gasteiger partial charge in [0.2, 0.25) is 0 Å². The van der Waals surface area contributed by atoms with Gasteiger partial charge < -0.3 is 4.98 Å². The molecule has 11 heavy (non-hydrogen) atoms. The number of nitro groups is 1. The van der Waals surface area contributed by atoms with Crippen molar-refractivity contribution in [2.75, 3.05) is 0 Å². The summed E-state index contributed by atoms with van der Waals surface area (Å²) < 4.78 is 1.31. The van der Waals surface area contributed by atoms with E-state index in [1.54, 1.807) is 0 Å². The second-order valence-electron chi connectivity index (χ2n) is 1.67. The molecule has 7 heteroatoms. The number of halogens is 3. The molecule has 1 aromatic heterocycles. The summed E-state index contributed by atoms with van der Waals surface area (Å²) in [5.74, 6) is 0. The minimum Gasteiger partial charge on any atom is -0.337 e. The van der Waals surface area contributed by atoms with Gasteiger partial charge >= 0.3 is 5.69 Å². The van der Waals surface area contributed by atoms with Crippen LogP contribution >= 0.6 is 47.8 Å². The van der Waals surface area contributed by atoms with Crippen LogP contribution in [0.4, 0.5) is 5.69 Å². The van der Waals surface area contributed by atoms with Gasteiger partial charge in [-0.15, -0.1) is 0 Å². The normalized spacial score (nSPS) is 10.1.